The quantitative estimate of drug-likeness (QED) is 0.378. The fraction of sp³-hybridized carbons (Fsp3) is 0.538. The summed E-state index contributed by atoms with van der Waals surface area (Å²) in [6.07, 6.45) is 4.93. The Balaban J connectivity index is 1.83. The Labute approximate surface area is 191 Å². The molecule has 29 heavy (non-hydrogen) atoms. The third-order valence-corrected chi connectivity index (χ3v) is 9.77. The molecule has 0 aliphatic heterocycles. The molecular formula is C26H30Br2O. The highest BCUT2D eigenvalue weighted by atomic mass is 79.9. The van der Waals surface area contributed by atoms with Crippen LogP contribution in [0.4, 0.5) is 0 Å². The van der Waals surface area contributed by atoms with Gasteiger partial charge in [-0.1, -0.05) is 58.7 Å². The van der Waals surface area contributed by atoms with Crippen LogP contribution in [0.2, 0.25) is 0 Å². The van der Waals surface area contributed by atoms with Crippen molar-refractivity contribution >= 4 is 31.9 Å². The number of hydrogen-bond acceptors (Lipinski definition) is 1. The van der Waals surface area contributed by atoms with E-state index in [0.29, 0.717) is 17.3 Å². The smallest absolute Gasteiger partial charge is 0.123 e. The van der Waals surface area contributed by atoms with Crippen LogP contribution >= 0.6 is 31.9 Å². The van der Waals surface area contributed by atoms with Crippen molar-refractivity contribution in [1.29, 1.82) is 0 Å². The average molecular weight is 518 g/mol. The summed E-state index contributed by atoms with van der Waals surface area (Å²) in [4.78, 5) is 0. The average Bonchev–Trinajstić information content (AvgIpc) is 3.20. The van der Waals surface area contributed by atoms with Crippen molar-refractivity contribution in [3.8, 4) is 5.75 Å². The van der Waals surface area contributed by atoms with Crippen LogP contribution in [0.3, 0.4) is 0 Å². The van der Waals surface area contributed by atoms with E-state index in [-0.39, 0.29) is 5.41 Å². The molecule has 0 N–H and O–H groups in total. The standard InChI is InChI=1S/C26H30Br2O/c1-14-6-7-20(27)18-12-16-10-15(25(2,3)4)11-17-13-19-21(28)8-9-22(29-5)24(19)26(16,17)23(14)18/h6-9,15-17H,10-13H2,1-5H3/t15?,16-,17-,26-/m0/s1. The van der Waals surface area contributed by atoms with E-state index in [9.17, 15) is 0 Å². The molecule has 1 fully saturated rings. The molecule has 0 aromatic heterocycles. The lowest BCUT2D eigenvalue weighted by Gasteiger charge is -2.50. The van der Waals surface area contributed by atoms with E-state index in [1.165, 1.54) is 44.9 Å². The van der Waals surface area contributed by atoms with Crippen molar-refractivity contribution in [2.75, 3.05) is 7.11 Å². The summed E-state index contributed by atoms with van der Waals surface area (Å²) < 4.78 is 8.55. The molecule has 1 spiro atoms. The monoisotopic (exact) mass is 516 g/mol. The Morgan fingerprint density at radius 2 is 1.45 bits per heavy atom. The number of fused-ring (bicyclic) bond motifs is 2. The van der Waals surface area contributed by atoms with E-state index in [2.05, 4.69) is 83.8 Å². The van der Waals surface area contributed by atoms with Gasteiger partial charge >= 0.3 is 0 Å². The lowest BCUT2D eigenvalue weighted by Crippen LogP contribution is -2.46. The molecule has 1 unspecified atom stereocenters. The SMILES string of the molecule is COc1ccc(Br)c2c1[C@@]13c4c(C)ccc(Br)c4C[C@@H]1CC(C(C)(C)C)C[C@H]3C2. The minimum atomic E-state index is 0.0927. The van der Waals surface area contributed by atoms with E-state index >= 15 is 0 Å². The van der Waals surface area contributed by atoms with E-state index in [1.807, 2.05) is 7.11 Å². The van der Waals surface area contributed by atoms with Crippen molar-refractivity contribution in [1.82, 2.24) is 0 Å². The Hall–Kier alpha value is -0.800. The molecule has 3 heteroatoms. The zero-order valence-electron chi connectivity index (χ0n) is 18.0. The van der Waals surface area contributed by atoms with Crippen LogP contribution in [-0.4, -0.2) is 7.11 Å². The van der Waals surface area contributed by atoms with Crippen molar-refractivity contribution in [3.05, 3.63) is 61.0 Å². The summed E-state index contributed by atoms with van der Waals surface area (Å²) in [7, 11) is 1.84. The molecule has 1 nitrogen and oxygen atoms in total. The van der Waals surface area contributed by atoms with E-state index in [4.69, 9.17) is 4.74 Å². The summed E-state index contributed by atoms with van der Waals surface area (Å²) >= 11 is 7.81. The topological polar surface area (TPSA) is 9.23 Å². The predicted octanol–water partition coefficient (Wildman–Crippen LogP) is 7.62. The Bertz CT molecular complexity index is 993. The molecular weight excluding hydrogens is 488 g/mol. The predicted molar refractivity (Wildman–Crippen MR) is 127 cm³/mol. The van der Waals surface area contributed by atoms with Gasteiger partial charge in [-0.15, -0.1) is 0 Å². The largest absolute Gasteiger partial charge is 0.496 e. The first-order valence-corrected chi connectivity index (χ1v) is 12.4. The lowest BCUT2D eigenvalue weighted by molar-refractivity contribution is 0.0597. The van der Waals surface area contributed by atoms with E-state index < -0.39 is 0 Å². The lowest BCUT2D eigenvalue weighted by atomic mass is 9.53. The highest BCUT2D eigenvalue weighted by Gasteiger charge is 2.62. The molecule has 5 rings (SSSR count). The van der Waals surface area contributed by atoms with Crippen molar-refractivity contribution in [2.45, 2.75) is 58.8 Å². The van der Waals surface area contributed by atoms with Gasteiger partial charge in [-0.2, -0.15) is 0 Å². The highest BCUT2D eigenvalue weighted by Crippen LogP contribution is 2.68. The van der Waals surface area contributed by atoms with Crippen LogP contribution in [0, 0.1) is 30.1 Å². The van der Waals surface area contributed by atoms with Gasteiger partial charge in [0.05, 0.1) is 7.11 Å². The molecule has 0 amide bonds. The number of hydrogen-bond donors (Lipinski definition) is 0. The molecule has 0 saturated heterocycles. The Morgan fingerprint density at radius 3 is 2.00 bits per heavy atom. The van der Waals surface area contributed by atoms with Crippen molar-refractivity contribution in [2.24, 2.45) is 23.2 Å². The number of rotatable bonds is 1. The first kappa shape index (κ1) is 20.1. The third kappa shape index (κ3) is 2.62. The molecule has 0 radical (unpaired) electrons. The maximum Gasteiger partial charge on any atom is 0.123 e. The van der Waals surface area contributed by atoms with Gasteiger partial charge in [0.15, 0.2) is 0 Å². The third-order valence-electron chi connectivity index (χ3n) is 8.28. The van der Waals surface area contributed by atoms with Crippen LogP contribution in [0.15, 0.2) is 33.2 Å². The van der Waals surface area contributed by atoms with Gasteiger partial charge in [0, 0.05) is 19.9 Å². The second-order valence-electron chi connectivity index (χ2n) is 10.5. The van der Waals surface area contributed by atoms with E-state index in [1.54, 1.807) is 11.1 Å². The molecule has 154 valence electrons. The summed E-state index contributed by atoms with van der Waals surface area (Å²) in [5.74, 6) is 3.12. The van der Waals surface area contributed by atoms with Crippen LogP contribution in [-0.2, 0) is 18.3 Å². The minimum Gasteiger partial charge on any atom is -0.496 e. The van der Waals surface area contributed by atoms with Gasteiger partial charge < -0.3 is 4.74 Å². The molecule has 2 aromatic rings. The van der Waals surface area contributed by atoms with Gasteiger partial charge in [0.1, 0.15) is 5.75 Å². The molecule has 0 heterocycles. The van der Waals surface area contributed by atoms with Gasteiger partial charge in [0.25, 0.3) is 0 Å². The molecule has 1 saturated carbocycles. The zero-order valence-corrected chi connectivity index (χ0v) is 21.2. The molecule has 3 aliphatic rings. The first-order chi connectivity index (χ1) is 13.7. The number of halogens is 2. The van der Waals surface area contributed by atoms with Gasteiger partial charge in [-0.05, 0) is 96.2 Å². The maximum absolute atomic E-state index is 6.01. The molecule has 3 aliphatic carbocycles. The number of ether oxygens (including phenoxy) is 1. The summed E-state index contributed by atoms with van der Waals surface area (Å²) in [5, 5.41) is 0. The van der Waals surface area contributed by atoms with Crippen LogP contribution in [0.5, 0.6) is 5.75 Å². The van der Waals surface area contributed by atoms with Gasteiger partial charge in [0.2, 0.25) is 0 Å². The van der Waals surface area contributed by atoms with Gasteiger partial charge in [-0.25, -0.2) is 0 Å². The minimum absolute atomic E-state index is 0.0927. The number of benzene rings is 2. The first-order valence-electron chi connectivity index (χ1n) is 10.8. The van der Waals surface area contributed by atoms with Crippen molar-refractivity contribution in [3.63, 3.8) is 0 Å². The second kappa shape index (κ2) is 6.60. The molecule has 2 aromatic carbocycles. The van der Waals surface area contributed by atoms with Crippen LogP contribution < -0.4 is 4.74 Å². The van der Waals surface area contributed by atoms with Crippen molar-refractivity contribution < 1.29 is 4.74 Å². The summed E-state index contributed by atoms with van der Waals surface area (Å²) in [6.45, 7) is 9.63. The maximum atomic E-state index is 6.01. The Morgan fingerprint density at radius 1 is 0.897 bits per heavy atom. The highest BCUT2D eigenvalue weighted by molar-refractivity contribution is 9.10. The van der Waals surface area contributed by atoms with Crippen LogP contribution in [0.1, 0.15) is 61.4 Å². The zero-order chi connectivity index (χ0) is 20.7. The normalized spacial score (nSPS) is 29.8. The number of methoxy groups -OCH3 is 1. The van der Waals surface area contributed by atoms with Crippen LogP contribution in [0.25, 0.3) is 0 Å². The van der Waals surface area contributed by atoms with Gasteiger partial charge in [-0.3, -0.25) is 0 Å². The Kier molecular flexibility index (Phi) is 4.58. The summed E-state index contributed by atoms with van der Waals surface area (Å²) in [5.41, 5.74) is 8.00. The van der Waals surface area contributed by atoms with E-state index in [0.717, 1.165) is 18.1 Å². The molecule has 0 bridgehead atoms. The fourth-order valence-electron chi connectivity index (χ4n) is 7.06. The second-order valence-corrected chi connectivity index (χ2v) is 12.2. The fourth-order valence-corrected chi connectivity index (χ4v) is 8.04. The number of aryl methyl sites for hydroxylation is 1. The summed E-state index contributed by atoms with van der Waals surface area (Å²) in [6, 6.07) is 8.94. The molecule has 4 atom stereocenters.